The zero-order valence-electron chi connectivity index (χ0n) is 24.0. The van der Waals surface area contributed by atoms with Crippen LogP contribution in [0.1, 0.15) is 37.4 Å². The Hall–Kier alpha value is -4.73. The second kappa shape index (κ2) is 13.5. The van der Waals surface area contributed by atoms with E-state index >= 15 is 0 Å². The largest absolute Gasteiger partial charge is 0.493 e. The Balaban J connectivity index is 1.11. The minimum atomic E-state index is -0.689. The van der Waals surface area contributed by atoms with E-state index in [4.69, 9.17) is 14.2 Å². The predicted molar refractivity (Wildman–Crippen MR) is 161 cm³/mol. The quantitative estimate of drug-likeness (QED) is 0.236. The summed E-state index contributed by atoms with van der Waals surface area (Å²) in [4.78, 5) is 27.8. The molecule has 4 aromatic carbocycles. The number of hydrogen-bond acceptors (Lipinski definition) is 7. The molecule has 0 bridgehead atoms. The molecule has 43 heavy (non-hydrogen) atoms. The van der Waals surface area contributed by atoms with Gasteiger partial charge in [0.2, 0.25) is 0 Å². The summed E-state index contributed by atoms with van der Waals surface area (Å²) in [5.41, 5.74) is 3.90. The van der Waals surface area contributed by atoms with Gasteiger partial charge < -0.3 is 24.6 Å². The number of rotatable bonds is 11. The van der Waals surface area contributed by atoms with E-state index in [-0.39, 0.29) is 18.3 Å². The summed E-state index contributed by atoms with van der Waals surface area (Å²) in [5.74, 6) is 0.867. The van der Waals surface area contributed by atoms with E-state index in [1.807, 2.05) is 12.1 Å². The number of carbonyl (C=O) groups excluding carboxylic acids is 2. The van der Waals surface area contributed by atoms with Gasteiger partial charge in [0.1, 0.15) is 24.3 Å². The highest BCUT2D eigenvalue weighted by Gasteiger charge is 2.21. The number of aliphatic hydroxyl groups is 1. The second-order valence-electron chi connectivity index (χ2n) is 10.3. The van der Waals surface area contributed by atoms with Crippen molar-refractivity contribution in [3.05, 3.63) is 119 Å². The number of ether oxygens (including phenoxy) is 3. The summed E-state index contributed by atoms with van der Waals surface area (Å²) < 4.78 is 29.8. The number of fused-ring (bicyclic) bond motifs is 1. The highest BCUT2D eigenvalue weighted by molar-refractivity contribution is 6.11. The molecule has 9 heteroatoms. The molecule has 0 aliphatic carbocycles. The van der Waals surface area contributed by atoms with Gasteiger partial charge in [0.25, 0.3) is 5.91 Å². The number of methoxy groups -OCH3 is 2. The van der Waals surface area contributed by atoms with Gasteiger partial charge in [-0.25, -0.2) is 4.39 Å². The molecule has 0 radical (unpaired) electrons. The summed E-state index contributed by atoms with van der Waals surface area (Å²) in [7, 11) is 3.25. The first-order chi connectivity index (χ1) is 20.8. The Morgan fingerprint density at radius 3 is 2.26 bits per heavy atom. The third-order valence-corrected chi connectivity index (χ3v) is 7.31. The maximum absolute atomic E-state index is 13.2. The van der Waals surface area contributed by atoms with E-state index in [1.165, 1.54) is 35.9 Å². The van der Waals surface area contributed by atoms with Crippen molar-refractivity contribution in [3.8, 4) is 17.2 Å². The zero-order chi connectivity index (χ0) is 30.3. The molecule has 1 amide bonds. The lowest BCUT2D eigenvalue weighted by atomic mass is 9.98. The van der Waals surface area contributed by atoms with Gasteiger partial charge in [0, 0.05) is 42.0 Å². The SMILES string of the molecule is COc1cc2c(cc1OC)CN(CC(O)COc1ccc(NC(=O)c3cccc(C(=O)c4ccc(F)cc4)c3)cc1)CC2. The topological polar surface area (TPSA) is 97.3 Å². The number of β-amino-alcohol motifs (C(OH)–C–C–N with tert-alkyl or cyclic N) is 1. The molecule has 0 aromatic heterocycles. The van der Waals surface area contributed by atoms with Crippen LogP contribution in [0, 0.1) is 5.82 Å². The summed E-state index contributed by atoms with van der Waals surface area (Å²) in [5, 5.41) is 13.4. The average molecular weight is 585 g/mol. The molecule has 0 saturated carbocycles. The number of amides is 1. The summed E-state index contributed by atoms with van der Waals surface area (Å²) in [6, 6.07) is 22.5. The Kier molecular flexibility index (Phi) is 9.34. The van der Waals surface area contributed by atoms with Crippen molar-refractivity contribution >= 4 is 17.4 Å². The maximum atomic E-state index is 13.2. The van der Waals surface area contributed by atoms with Crippen LogP contribution in [-0.2, 0) is 13.0 Å². The van der Waals surface area contributed by atoms with Crippen LogP contribution >= 0.6 is 0 Å². The van der Waals surface area contributed by atoms with E-state index in [0.29, 0.717) is 47.0 Å². The van der Waals surface area contributed by atoms with Gasteiger partial charge in [-0.2, -0.15) is 0 Å². The fourth-order valence-corrected chi connectivity index (χ4v) is 5.05. The molecule has 0 fully saturated rings. The summed E-state index contributed by atoms with van der Waals surface area (Å²) in [6.45, 7) is 2.10. The van der Waals surface area contributed by atoms with Crippen LogP contribution in [0.3, 0.4) is 0 Å². The van der Waals surface area contributed by atoms with Crippen molar-refractivity contribution in [2.24, 2.45) is 0 Å². The van der Waals surface area contributed by atoms with Crippen LogP contribution in [0.15, 0.2) is 84.9 Å². The first-order valence-corrected chi connectivity index (χ1v) is 13.9. The Labute approximate surface area is 249 Å². The number of anilines is 1. The molecule has 1 unspecified atom stereocenters. The van der Waals surface area contributed by atoms with Gasteiger partial charge in [0.15, 0.2) is 17.3 Å². The molecule has 4 aromatic rings. The number of halogens is 1. The van der Waals surface area contributed by atoms with Crippen LogP contribution in [-0.4, -0.2) is 61.7 Å². The van der Waals surface area contributed by atoms with Crippen molar-refractivity contribution < 1.29 is 33.3 Å². The number of ketones is 1. The van der Waals surface area contributed by atoms with Gasteiger partial charge in [-0.3, -0.25) is 14.5 Å². The van der Waals surface area contributed by atoms with Crippen LogP contribution in [0.4, 0.5) is 10.1 Å². The van der Waals surface area contributed by atoms with Crippen LogP contribution in [0.5, 0.6) is 17.2 Å². The fraction of sp³-hybridized carbons (Fsp3) is 0.235. The fourth-order valence-electron chi connectivity index (χ4n) is 5.05. The number of nitrogens with zero attached hydrogens (tertiary/aromatic N) is 1. The highest BCUT2D eigenvalue weighted by atomic mass is 19.1. The lowest BCUT2D eigenvalue weighted by Crippen LogP contribution is -2.38. The van der Waals surface area contributed by atoms with Gasteiger partial charge in [-0.15, -0.1) is 0 Å². The maximum Gasteiger partial charge on any atom is 0.255 e. The number of benzene rings is 4. The Morgan fingerprint density at radius 1 is 0.884 bits per heavy atom. The molecule has 1 aliphatic heterocycles. The third-order valence-electron chi connectivity index (χ3n) is 7.31. The van der Waals surface area contributed by atoms with Crippen LogP contribution < -0.4 is 19.5 Å². The first kappa shape index (κ1) is 29.8. The molecule has 0 spiro atoms. The molecule has 0 saturated heterocycles. The molecule has 2 N–H and O–H groups in total. The number of hydrogen-bond donors (Lipinski definition) is 2. The van der Waals surface area contributed by atoms with E-state index in [1.54, 1.807) is 56.7 Å². The molecule has 1 atom stereocenters. The Bertz CT molecular complexity index is 1590. The van der Waals surface area contributed by atoms with E-state index in [2.05, 4.69) is 10.2 Å². The Morgan fingerprint density at radius 2 is 1.56 bits per heavy atom. The molecular formula is C34H33FN2O6. The smallest absolute Gasteiger partial charge is 0.255 e. The van der Waals surface area contributed by atoms with Gasteiger partial charge in [-0.1, -0.05) is 12.1 Å². The number of nitrogens with one attached hydrogen (secondary N) is 1. The van der Waals surface area contributed by atoms with Gasteiger partial charge in [-0.05, 0) is 90.3 Å². The van der Waals surface area contributed by atoms with Crippen LogP contribution in [0.2, 0.25) is 0 Å². The zero-order valence-corrected chi connectivity index (χ0v) is 24.0. The lowest BCUT2D eigenvalue weighted by Gasteiger charge is -2.31. The van der Waals surface area contributed by atoms with Crippen molar-refractivity contribution in [3.63, 3.8) is 0 Å². The standard InChI is InChI=1S/C34H33FN2O6/c1-41-31-17-23-14-15-37(19-26(23)18-32(31)42-2)20-29(38)21-43-30-12-10-28(11-13-30)36-34(40)25-5-3-4-24(16-25)33(39)22-6-8-27(35)9-7-22/h3-13,16-18,29,38H,14-15,19-21H2,1-2H3,(H,36,40). The summed E-state index contributed by atoms with van der Waals surface area (Å²) in [6.07, 6.45) is 0.164. The molecule has 1 aliphatic rings. The molecule has 1 heterocycles. The van der Waals surface area contributed by atoms with Gasteiger partial charge >= 0.3 is 0 Å². The second-order valence-corrected chi connectivity index (χ2v) is 10.3. The van der Waals surface area contributed by atoms with Crippen molar-refractivity contribution in [2.45, 2.75) is 19.1 Å². The normalized spacial score (nSPS) is 13.5. The lowest BCUT2D eigenvalue weighted by molar-refractivity contribution is 0.0637. The molecule has 5 rings (SSSR count). The van der Waals surface area contributed by atoms with Crippen LogP contribution in [0.25, 0.3) is 0 Å². The minimum Gasteiger partial charge on any atom is -0.493 e. The molecular weight excluding hydrogens is 551 g/mol. The van der Waals surface area contributed by atoms with Crippen molar-refractivity contribution in [2.75, 3.05) is 39.2 Å². The van der Waals surface area contributed by atoms with E-state index in [0.717, 1.165) is 24.3 Å². The predicted octanol–water partition coefficient (Wildman–Crippen LogP) is 5.12. The minimum absolute atomic E-state index is 0.121. The molecule has 222 valence electrons. The van der Waals surface area contributed by atoms with Gasteiger partial charge in [0.05, 0.1) is 14.2 Å². The highest BCUT2D eigenvalue weighted by Crippen LogP contribution is 2.33. The monoisotopic (exact) mass is 584 g/mol. The number of carbonyl (C=O) groups is 2. The third kappa shape index (κ3) is 7.38. The first-order valence-electron chi connectivity index (χ1n) is 13.9. The average Bonchev–Trinajstić information content (AvgIpc) is 3.03. The van der Waals surface area contributed by atoms with Crippen molar-refractivity contribution in [1.29, 1.82) is 0 Å². The van der Waals surface area contributed by atoms with E-state index < -0.39 is 11.9 Å². The van der Waals surface area contributed by atoms with Crippen molar-refractivity contribution in [1.82, 2.24) is 4.90 Å². The van der Waals surface area contributed by atoms with E-state index in [9.17, 15) is 19.1 Å². The number of aliphatic hydroxyl groups excluding tert-OH is 1. The summed E-state index contributed by atoms with van der Waals surface area (Å²) >= 11 is 0. The molecule has 8 nitrogen and oxygen atoms in total.